The molecule has 1 N–H and O–H groups in total. The molecule has 3 nitrogen and oxygen atoms in total. The molecular weight excluding hydrogens is 192 g/mol. The molecule has 0 saturated heterocycles. The first-order valence-corrected chi connectivity index (χ1v) is 5.15. The highest BCUT2D eigenvalue weighted by Crippen LogP contribution is 2.42. The number of aromatic hydroxyl groups is 1. The number of fused-ring (bicyclic) bond motifs is 1. The highest BCUT2D eigenvalue weighted by Gasteiger charge is 2.22. The normalized spacial score (nSPS) is 19.3. The molecule has 0 radical (unpaired) electrons. The smallest absolute Gasteiger partial charge is 0.164 e. The van der Waals surface area contributed by atoms with Crippen LogP contribution in [-0.4, -0.2) is 18.8 Å². The quantitative estimate of drug-likeness (QED) is 0.769. The SMILES string of the molecule is COc1cc2c(c(O)c1C)OCC(C)C2. The summed E-state index contributed by atoms with van der Waals surface area (Å²) in [5.41, 5.74) is 1.78. The molecule has 0 fully saturated rings. The number of phenols is 1. The fraction of sp³-hybridized carbons (Fsp3) is 0.500. The van der Waals surface area contributed by atoms with Gasteiger partial charge < -0.3 is 14.6 Å². The van der Waals surface area contributed by atoms with Crippen molar-refractivity contribution in [3.8, 4) is 17.2 Å². The van der Waals surface area contributed by atoms with E-state index in [4.69, 9.17) is 9.47 Å². The lowest BCUT2D eigenvalue weighted by Gasteiger charge is -2.24. The standard InChI is InChI=1S/C12H16O3/c1-7-4-9-5-10(14-3)8(2)11(13)12(9)15-6-7/h5,7,13H,4,6H2,1-3H3. The molecular formula is C12H16O3. The predicted molar refractivity (Wildman–Crippen MR) is 57.8 cm³/mol. The Morgan fingerprint density at radius 3 is 2.93 bits per heavy atom. The highest BCUT2D eigenvalue weighted by molar-refractivity contribution is 5.57. The molecule has 1 aromatic carbocycles. The van der Waals surface area contributed by atoms with Gasteiger partial charge in [0.05, 0.1) is 13.7 Å². The van der Waals surface area contributed by atoms with E-state index in [-0.39, 0.29) is 5.75 Å². The van der Waals surface area contributed by atoms with Crippen molar-refractivity contribution in [3.63, 3.8) is 0 Å². The molecule has 1 heterocycles. The van der Waals surface area contributed by atoms with Gasteiger partial charge in [0.2, 0.25) is 0 Å². The number of ether oxygens (including phenoxy) is 2. The van der Waals surface area contributed by atoms with Crippen molar-refractivity contribution in [2.75, 3.05) is 13.7 Å². The highest BCUT2D eigenvalue weighted by atomic mass is 16.5. The minimum Gasteiger partial charge on any atom is -0.504 e. The molecule has 1 aliphatic rings. The Bertz CT molecular complexity index is 385. The number of hydrogen-bond acceptors (Lipinski definition) is 3. The van der Waals surface area contributed by atoms with Gasteiger partial charge in [-0.3, -0.25) is 0 Å². The summed E-state index contributed by atoms with van der Waals surface area (Å²) in [7, 11) is 1.61. The number of phenolic OH excluding ortho intramolecular Hbond substituents is 1. The Kier molecular flexibility index (Phi) is 2.47. The van der Waals surface area contributed by atoms with Crippen molar-refractivity contribution in [2.24, 2.45) is 5.92 Å². The molecule has 1 atom stereocenters. The summed E-state index contributed by atoms with van der Waals surface area (Å²) in [5.74, 6) is 2.07. The van der Waals surface area contributed by atoms with Gasteiger partial charge in [0.1, 0.15) is 5.75 Å². The molecule has 0 bridgehead atoms. The first-order valence-electron chi connectivity index (χ1n) is 5.15. The van der Waals surface area contributed by atoms with Crippen LogP contribution < -0.4 is 9.47 Å². The van der Waals surface area contributed by atoms with E-state index in [9.17, 15) is 5.11 Å². The summed E-state index contributed by atoms with van der Waals surface area (Å²) < 4.78 is 10.8. The van der Waals surface area contributed by atoms with Gasteiger partial charge >= 0.3 is 0 Å². The monoisotopic (exact) mass is 208 g/mol. The fourth-order valence-electron chi connectivity index (χ4n) is 1.96. The lowest BCUT2D eigenvalue weighted by atomic mass is 9.96. The van der Waals surface area contributed by atoms with Crippen LogP contribution in [0.1, 0.15) is 18.1 Å². The third-order valence-corrected chi connectivity index (χ3v) is 2.84. The first kappa shape index (κ1) is 10.1. The van der Waals surface area contributed by atoms with E-state index in [1.165, 1.54) is 0 Å². The Morgan fingerprint density at radius 2 is 2.27 bits per heavy atom. The van der Waals surface area contributed by atoms with Crippen LogP contribution in [0.25, 0.3) is 0 Å². The molecule has 1 aliphatic heterocycles. The summed E-state index contributed by atoms with van der Waals surface area (Å²) in [6, 6.07) is 1.96. The molecule has 3 heteroatoms. The lowest BCUT2D eigenvalue weighted by molar-refractivity contribution is 0.222. The molecule has 0 saturated carbocycles. The minimum absolute atomic E-state index is 0.219. The number of hydrogen-bond donors (Lipinski definition) is 1. The molecule has 0 spiro atoms. The second kappa shape index (κ2) is 3.65. The van der Waals surface area contributed by atoms with Crippen LogP contribution >= 0.6 is 0 Å². The summed E-state index contributed by atoms with van der Waals surface area (Å²) in [4.78, 5) is 0. The van der Waals surface area contributed by atoms with Crippen LogP contribution in [0.2, 0.25) is 0 Å². The molecule has 2 rings (SSSR count). The zero-order chi connectivity index (χ0) is 11.0. The molecule has 0 aliphatic carbocycles. The molecule has 15 heavy (non-hydrogen) atoms. The average Bonchev–Trinajstić information content (AvgIpc) is 2.23. The minimum atomic E-state index is 0.219. The van der Waals surface area contributed by atoms with Crippen LogP contribution in [0.5, 0.6) is 17.2 Å². The van der Waals surface area contributed by atoms with Crippen molar-refractivity contribution in [3.05, 3.63) is 17.2 Å². The van der Waals surface area contributed by atoms with E-state index < -0.39 is 0 Å². The van der Waals surface area contributed by atoms with Gasteiger partial charge in [-0.15, -0.1) is 0 Å². The largest absolute Gasteiger partial charge is 0.504 e. The van der Waals surface area contributed by atoms with Gasteiger partial charge in [-0.1, -0.05) is 6.92 Å². The zero-order valence-corrected chi connectivity index (χ0v) is 9.33. The maximum Gasteiger partial charge on any atom is 0.164 e. The predicted octanol–water partition coefficient (Wildman–Crippen LogP) is 2.28. The first-order chi connectivity index (χ1) is 7.13. The molecule has 0 amide bonds. The summed E-state index contributed by atoms with van der Waals surface area (Å²) >= 11 is 0. The lowest BCUT2D eigenvalue weighted by Crippen LogP contribution is -2.18. The van der Waals surface area contributed by atoms with Gasteiger partial charge in [-0.25, -0.2) is 0 Å². The van der Waals surface area contributed by atoms with Gasteiger partial charge in [-0.2, -0.15) is 0 Å². The Balaban J connectivity index is 2.52. The molecule has 0 aromatic heterocycles. The van der Waals surface area contributed by atoms with E-state index >= 15 is 0 Å². The zero-order valence-electron chi connectivity index (χ0n) is 9.33. The number of rotatable bonds is 1. The van der Waals surface area contributed by atoms with Crippen molar-refractivity contribution < 1.29 is 14.6 Å². The molecule has 82 valence electrons. The van der Waals surface area contributed by atoms with Crippen LogP contribution in [0.15, 0.2) is 6.07 Å². The van der Waals surface area contributed by atoms with Crippen molar-refractivity contribution in [1.29, 1.82) is 0 Å². The van der Waals surface area contributed by atoms with E-state index in [1.807, 2.05) is 13.0 Å². The fourth-order valence-corrected chi connectivity index (χ4v) is 1.96. The Hall–Kier alpha value is -1.38. The second-order valence-corrected chi connectivity index (χ2v) is 4.16. The Morgan fingerprint density at radius 1 is 1.53 bits per heavy atom. The summed E-state index contributed by atoms with van der Waals surface area (Å²) in [5, 5.41) is 9.94. The Labute approximate surface area is 89.6 Å². The van der Waals surface area contributed by atoms with Crippen LogP contribution in [0.3, 0.4) is 0 Å². The van der Waals surface area contributed by atoms with E-state index in [2.05, 4.69) is 6.92 Å². The van der Waals surface area contributed by atoms with Gasteiger partial charge in [0.15, 0.2) is 11.5 Å². The third-order valence-electron chi connectivity index (χ3n) is 2.84. The van der Waals surface area contributed by atoms with Crippen LogP contribution in [0, 0.1) is 12.8 Å². The summed E-state index contributed by atoms with van der Waals surface area (Å²) in [6.07, 6.45) is 0.930. The van der Waals surface area contributed by atoms with E-state index in [1.54, 1.807) is 7.11 Å². The maximum absolute atomic E-state index is 9.94. The molecule has 1 unspecified atom stereocenters. The van der Waals surface area contributed by atoms with Gasteiger partial charge in [0, 0.05) is 11.1 Å². The van der Waals surface area contributed by atoms with Gasteiger partial charge in [-0.05, 0) is 25.3 Å². The van der Waals surface area contributed by atoms with Crippen molar-refractivity contribution in [2.45, 2.75) is 20.3 Å². The average molecular weight is 208 g/mol. The molecule has 1 aromatic rings. The van der Waals surface area contributed by atoms with Crippen LogP contribution in [-0.2, 0) is 6.42 Å². The summed E-state index contributed by atoms with van der Waals surface area (Å²) in [6.45, 7) is 4.63. The second-order valence-electron chi connectivity index (χ2n) is 4.16. The van der Waals surface area contributed by atoms with Gasteiger partial charge in [0.25, 0.3) is 0 Å². The number of methoxy groups -OCH3 is 1. The maximum atomic E-state index is 9.94. The van der Waals surface area contributed by atoms with Crippen LogP contribution in [0.4, 0.5) is 0 Å². The van der Waals surface area contributed by atoms with Crippen molar-refractivity contribution >= 4 is 0 Å². The van der Waals surface area contributed by atoms with E-state index in [0.717, 1.165) is 23.3 Å². The number of benzene rings is 1. The van der Waals surface area contributed by atoms with Crippen molar-refractivity contribution in [1.82, 2.24) is 0 Å². The van der Waals surface area contributed by atoms with E-state index in [0.29, 0.717) is 18.3 Å². The third kappa shape index (κ3) is 1.62. The topological polar surface area (TPSA) is 38.7 Å².